The van der Waals surface area contributed by atoms with E-state index >= 15 is 0 Å². The number of aromatic nitrogens is 1. The highest BCUT2D eigenvalue weighted by molar-refractivity contribution is 5.97. The smallest absolute Gasteiger partial charge is 0.252 e. The molecule has 2 amide bonds. The third-order valence-corrected chi connectivity index (χ3v) is 2.28. The average Bonchev–Trinajstić information content (AvgIpc) is 2.35. The average molecular weight is 260 g/mol. The highest BCUT2D eigenvalue weighted by atomic mass is 16.2. The lowest BCUT2D eigenvalue weighted by Gasteiger charge is -2.12. The van der Waals surface area contributed by atoms with Crippen LogP contribution >= 0.6 is 0 Å². The maximum absolute atomic E-state index is 12.0. The van der Waals surface area contributed by atoms with Gasteiger partial charge in [-0.1, -0.05) is 11.8 Å². The van der Waals surface area contributed by atoms with E-state index < -0.39 is 5.91 Å². The largest absolute Gasteiger partial charge is 0.370 e. The predicted octanol–water partition coefficient (Wildman–Crippen LogP) is -0.614. The highest BCUT2D eigenvalue weighted by Gasteiger charge is 2.14. The van der Waals surface area contributed by atoms with Crippen LogP contribution in [0.2, 0.25) is 0 Å². The Kier molecular flexibility index (Phi) is 5.51. The molecule has 1 aromatic rings. The molecular weight excluding hydrogens is 244 g/mol. The molecule has 1 atom stereocenters. The van der Waals surface area contributed by atoms with E-state index in [-0.39, 0.29) is 24.9 Å². The zero-order valence-corrected chi connectivity index (χ0v) is 10.6. The summed E-state index contributed by atoms with van der Waals surface area (Å²) in [5, 5.41) is 2.68. The van der Waals surface area contributed by atoms with Gasteiger partial charge in [0, 0.05) is 24.9 Å². The first-order valence-corrected chi connectivity index (χ1v) is 5.76. The number of pyridine rings is 1. The van der Waals surface area contributed by atoms with Crippen molar-refractivity contribution in [2.24, 2.45) is 11.5 Å². The molecule has 0 aliphatic rings. The Morgan fingerprint density at radius 1 is 1.53 bits per heavy atom. The first kappa shape index (κ1) is 14.7. The minimum absolute atomic E-state index is 0.0840. The van der Waals surface area contributed by atoms with E-state index in [1.54, 1.807) is 13.0 Å². The molecule has 0 aliphatic carbocycles. The van der Waals surface area contributed by atoms with Crippen LogP contribution in [0.15, 0.2) is 18.5 Å². The molecule has 1 aromatic heterocycles. The van der Waals surface area contributed by atoms with Crippen LogP contribution in [0.25, 0.3) is 0 Å². The van der Waals surface area contributed by atoms with Gasteiger partial charge in [-0.25, -0.2) is 0 Å². The third kappa shape index (κ3) is 4.77. The number of rotatable bonds is 4. The van der Waals surface area contributed by atoms with Crippen LogP contribution in [0.3, 0.4) is 0 Å². The molecule has 0 fully saturated rings. The zero-order chi connectivity index (χ0) is 14.3. The van der Waals surface area contributed by atoms with Gasteiger partial charge < -0.3 is 16.8 Å². The first-order valence-electron chi connectivity index (χ1n) is 5.76. The van der Waals surface area contributed by atoms with Gasteiger partial charge in [-0.2, -0.15) is 0 Å². The van der Waals surface area contributed by atoms with Crippen molar-refractivity contribution < 1.29 is 9.59 Å². The highest BCUT2D eigenvalue weighted by Crippen LogP contribution is 2.06. The molecule has 0 bridgehead atoms. The van der Waals surface area contributed by atoms with Gasteiger partial charge in [0.15, 0.2) is 0 Å². The van der Waals surface area contributed by atoms with Crippen LogP contribution in [0.1, 0.15) is 29.3 Å². The summed E-state index contributed by atoms with van der Waals surface area (Å²) in [6, 6.07) is 1.22. The molecule has 19 heavy (non-hydrogen) atoms. The van der Waals surface area contributed by atoms with Crippen molar-refractivity contribution in [2.45, 2.75) is 19.4 Å². The fraction of sp³-hybridized carbons (Fsp3) is 0.308. The molecule has 0 radical (unpaired) electrons. The SMILES string of the molecule is CC(CC(N)=O)NC(=O)c1ccncc1C#CCN. The molecule has 6 heteroatoms. The lowest BCUT2D eigenvalue weighted by Crippen LogP contribution is -2.36. The molecule has 6 nitrogen and oxygen atoms in total. The Bertz CT molecular complexity index is 531. The van der Waals surface area contributed by atoms with E-state index in [0.29, 0.717) is 11.1 Å². The van der Waals surface area contributed by atoms with Crippen LogP contribution in [0.5, 0.6) is 0 Å². The Labute approximate surface area is 111 Å². The van der Waals surface area contributed by atoms with E-state index in [2.05, 4.69) is 22.1 Å². The normalized spacial score (nSPS) is 11.1. The van der Waals surface area contributed by atoms with Crippen molar-refractivity contribution >= 4 is 11.8 Å². The fourth-order valence-corrected chi connectivity index (χ4v) is 1.49. The van der Waals surface area contributed by atoms with Gasteiger partial charge in [0.05, 0.1) is 17.7 Å². The van der Waals surface area contributed by atoms with E-state index in [1.165, 1.54) is 12.4 Å². The van der Waals surface area contributed by atoms with Crippen molar-refractivity contribution in [3.63, 3.8) is 0 Å². The summed E-state index contributed by atoms with van der Waals surface area (Å²) in [6.07, 6.45) is 3.08. The van der Waals surface area contributed by atoms with E-state index in [0.717, 1.165) is 0 Å². The number of nitrogens with one attached hydrogen (secondary N) is 1. The van der Waals surface area contributed by atoms with Crippen LogP contribution in [-0.4, -0.2) is 29.4 Å². The number of carbonyl (C=O) groups is 2. The maximum atomic E-state index is 12.0. The maximum Gasteiger partial charge on any atom is 0.252 e. The topological polar surface area (TPSA) is 111 Å². The van der Waals surface area contributed by atoms with E-state index in [4.69, 9.17) is 11.5 Å². The minimum atomic E-state index is -0.467. The Morgan fingerprint density at radius 2 is 2.26 bits per heavy atom. The number of nitrogens with zero attached hydrogens (tertiary/aromatic N) is 1. The number of hydrogen-bond donors (Lipinski definition) is 3. The molecule has 0 saturated heterocycles. The van der Waals surface area contributed by atoms with E-state index in [9.17, 15) is 9.59 Å². The molecule has 0 spiro atoms. The molecule has 5 N–H and O–H groups in total. The van der Waals surface area contributed by atoms with Gasteiger partial charge in [-0.15, -0.1) is 0 Å². The van der Waals surface area contributed by atoms with Crippen molar-refractivity contribution in [1.29, 1.82) is 0 Å². The number of carbonyl (C=O) groups excluding carboxylic acids is 2. The lowest BCUT2D eigenvalue weighted by atomic mass is 10.1. The standard InChI is InChI=1S/C13H16N4O2/c1-9(7-12(15)18)17-13(19)11-4-6-16-8-10(11)3-2-5-14/h4,6,8-9H,5,7,14H2,1H3,(H2,15,18)(H,17,19). The second kappa shape index (κ2) is 7.13. The van der Waals surface area contributed by atoms with Gasteiger partial charge in [0.2, 0.25) is 5.91 Å². The minimum Gasteiger partial charge on any atom is -0.370 e. The second-order valence-corrected chi connectivity index (χ2v) is 3.97. The van der Waals surface area contributed by atoms with Crippen LogP contribution in [-0.2, 0) is 4.79 Å². The van der Waals surface area contributed by atoms with Gasteiger partial charge >= 0.3 is 0 Å². The number of primary amides is 1. The van der Waals surface area contributed by atoms with Gasteiger partial charge in [-0.3, -0.25) is 14.6 Å². The molecule has 1 unspecified atom stereocenters. The molecule has 1 heterocycles. The van der Waals surface area contributed by atoms with Crippen molar-refractivity contribution in [2.75, 3.05) is 6.54 Å². The number of amides is 2. The summed E-state index contributed by atoms with van der Waals surface area (Å²) >= 11 is 0. The predicted molar refractivity (Wildman–Crippen MR) is 70.9 cm³/mol. The molecule has 1 rings (SSSR count). The molecule has 100 valence electrons. The first-order chi connectivity index (χ1) is 9.04. The van der Waals surface area contributed by atoms with Crippen molar-refractivity contribution in [3.05, 3.63) is 29.6 Å². The number of hydrogen-bond acceptors (Lipinski definition) is 4. The van der Waals surface area contributed by atoms with Crippen LogP contribution in [0, 0.1) is 11.8 Å². The molecular formula is C13H16N4O2. The Hall–Kier alpha value is -2.39. The summed E-state index contributed by atoms with van der Waals surface area (Å²) in [6.45, 7) is 1.91. The monoisotopic (exact) mass is 260 g/mol. The summed E-state index contributed by atoms with van der Waals surface area (Å²) in [5.74, 6) is 4.66. The Balaban J connectivity index is 2.85. The van der Waals surface area contributed by atoms with Gasteiger partial charge in [-0.05, 0) is 13.0 Å². The van der Waals surface area contributed by atoms with Crippen LogP contribution < -0.4 is 16.8 Å². The molecule has 0 aliphatic heterocycles. The van der Waals surface area contributed by atoms with Gasteiger partial charge in [0.1, 0.15) is 0 Å². The van der Waals surface area contributed by atoms with Crippen molar-refractivity contribution in [1.82, 2.24) is 10.3 Å². The van der Waals surface area contributed by atoms with Crippen molar-refractivity contribution in [3.8, 4) is 11.8 Å². The van der Waals surface area contributed by atoms with E-state index in [1.807, 2.05) is 0 Å². The summed E-state index contributed by atoms with van der Waals surface area (Å²) in [5.41, 5.74) is 11.3. The zero-order valence-electron chi connectivity index (χ0n) is 10.6. The fourth-order valence-electron chi connectivity index (χ4n) is 1.49. The quantitative estimate of drug-likeness (QED) is 0.627. The Morgan fingerprint density at radius 3 is 2.89 bits per heavy atom. The van der Waals surface area contributed by atoms with Gasteiger partial charge in [0.25, 0.3) is 5.91 Å². The molecule has 0 aromatic carbocycles. The summed E-state index contributed by atoms with van der Waals surface area (Å²) < 4.78 is 0. The summed E-state index contributed by atoms with van der Waals surface area (Å²) in [7, 11) is 0. The second-order valence-electron chi connectivity index (χ2n) is 3.97. The van der Waals surface area contributed by atoms with Crippen LogP contribution in [0.4, 0.5) is 0 Å². The number of nitrogens with two attached hydrogens (primary N) is 2. The lowest BCUT2D eigenvalue weighted by molar-refractivity contribution is -0.118. The third-order valence-electron chi connectivity index (χ3n) is 2.28. The molecule has 0 saturated carbocycles. The summed E-state index contributed by atoms with van der Waals surface area (Å²) in [4.78, 5) is 26.7.